The van der Waals surface area contributed by atoms with E-state index in [2.05, 4.69) is 53.5 Å². The molecule has 1 heterocycles. The molecule has 0 radical (unpaired) electrons. The molecule has 32 heavy (non-hydrogen) atoms. The first-order valence-electron chi connectivity index (χ1n) is 11.3. The third kappa shape index (κ3) is 3.01. The molecular formula is C28H23NO2S. The Morgan fingerprint density at radius 1 is 0.875 bits per heavy atom. The second-order valence-electron chi connectivity index (χ2n) is 8.36. The summed E-state index contributed by atoms with van der Waals surface area (Å²) in [6.45, 7) is 2.16. The van der Waals surface area contributed by atoms with Crippen LogP contribution >= 0.6 is 11.3 Å². The van der Waals surface area contributed by atoms with Crippen molar-refractivity contribution < 1.29 is 9.53 Å². The molecule has 5 aromatic rings. The lowest BCUT2D eigenvalue weighted by atomic mass is 9.85. The van der Waals surface area contributed by atoms with Crippen molar-refractivity contribution in [2.24, 2.45) is 0 Å². The van der Waals surface area contributed by atoms with Crippen molar-refractivity contribution in [1.82, 2.24) is 4.98 Å². The van der Waals surface area contributed by atoms with Crippen molar-refractivity contribution in [3.63, 3.8) is 0 Å². The van der Waals surface area contributed by atoms with Gasteiger partial charge in [0, 0.05) is 5.56 Å². The van der Waals surface area contributed by atoms with Crippen LogP contribution in [0.25, 0.3) is 42.9 Å². The standard InChI is InChI=1S/C28H23NO2S/c1-2-31-28(30)27-29-26-24(11-6-12-25(26)32-27)20-10-5-9-19-22-14-13-17-7-3-4-8-18(17)21(22)15-16-23(19)20/h5-6,9-16H,2-4,7-8H2,1H3. The predicted molar refractivity (Wildman–Crippen MR) is 133 cm³/mol. The largest absolute Gasteiger partial charge is 0.461 e. The van der Waals surface area contributed by atoms with E-state index in [0.717, 1.165) is 21.3 Å². The normalized spacial score (nSPS) is 13.5. The van der Waals surface area contributed by atoms with Crippen LogP contribution in [0.15, 0.2) is 60.7 Å². The number of fused-ring (bicyclic) bond motifs is 6. The average Bonchev–Trinajstić information content (AvgIpc) is 3.28. The van der Waals surface area contributed by atoms with Crippen molar-refractivity contribution in [2.45, 2.75) is 32.6 Å². The van der Waals surface area contributed by atoms with Gasteiger partial charge < -0.3 is 4.74 Å². The molecule has 0 fully saturated rings. The minimum absolute atomic E-state index is 0.349. The van der Waals surface area contributed by atoms with Crippen molar-refractivity contribution in [2.75, 3.05) is 6.61 Å². The molecule has 0 N–H and O–H groups in total. The van der Waals surface area contributed by atoms with Crippen LogP contribution in [0.1, 0.15) is 40.7 Å². The highest BCUT2D eigenvalue weighted by Crippen LogP contribution is 2.39. The van der Waals surface area contributed by atoms with Crippen molar-refractivity contribution in [1.29, 1.82) is 0 Å². The molecule has 1 aliphatic rings. The second-order valence-corrected chi connectivity index (χ2v) is 9.39. The zero-order valence-electron chi connectivity index (χ0n) is 18.0. The molecule has 0 saturated heterocycles. The molecule has 0 atom stereocenters. The maximum atomic E-state index is 12.3. The van der Waals surface area contributed by atoms with Crippen LogP contribution in [0.4, 0.5) is 0 Å². The zero-order valence-corrected chi connectivity index (χ0v) is 18.8. The minimum atomic E-state index is -0.353. The monoisotopic (exact) mass is 437 g/mol. The minimum Gasteiger partial charge on any atom is -0.461 e. The summed E-state index contributed by atoms with van der Waals surface area (Å²) in [4.78, 5) is 16.9. The summed E-state index contributed by atoms with van der Waals surface area (Å²) in [6, 6.07) is 21.9. The van der Waals surface area contributed by atoms with E-state index in [1.165, 1.54) is 69.7 Å². The Balaban J connectivity index is 1.58. The maximum Gasteiger partial charge on any atom is 0.367 e. The van der Waals surface area contributed by atoms with Crippen LogP contribution in [0.2, 0.25) is 0 Å². The summed E-state index contributed by atoms with van der Waals surface area (Å²) in [5.41, 5.74) is 6.10. The third-order valence-corrected chi connectivity index (χ3v) is 7.55. The molecule has 6 rings (SSSR count). The van der Waals surface area contributed by atoms with Gasteiger partial charge in [-0.15, -0.1) is 11.3 Å². The number of rotatable bonds is 3. The average molecular weight is 438 g/mol. The Morgan fingerprint density at radius 2 is 1.62 bits per heavy atom. The summed E-state index contributed by atoms with van der Waals surface area (Å²) >= 11 is 1.39. The number of thiazole rings is 1. The lowest BCUT2D eigenvalue weighted by molar-refractivity contribution is 0.0526. The Labute approximate surface area is 190 Å². The number of benzene rings is 4. The lowest BCUT2D eigenvalue weighted by Crippen LogP contribution is -2.03. The summed E-state index contributed by atoms with van der Waals surface area (Å²) in [5.74, 6) is -0.353. The van der Waals surface area contributed by atoms with Gasteiger partial charge in [0.05, 0.1) is 16.8 Å². The number of esters is 1. The van der Waals surface area contributed by atoms with E-state index in [9.17, 15) is 4.79 Å². The summed E-state index contributed by atoms with van der Waals surface area (Å²) in [5, 5.41) is 5.61. The molecule has 0 unspecified atom stereocenters. The first-order valence-corrected chi connectivity index (χ1v) is 12.1. The van der Waals surface area contributed by atoms with Gasteiger partial charge in [0.25, 0.3) is 0 Å². The van der Waals surface area contributed by atoms with Crippen LogP contribution in [0.3, 0.4) is 0 Å². The molecule has 0 bridgehead atoms. The van der Waals surface area contributed by atoms with Gasteiger partial charge in [-0.2, -0.15) is 0 Å². The number of ether oxygens (including phenoxy) is 1. The van der Waals surface area contributed by atoms with Gasteiger partial charge in [-0.25, -0.2) is 9.78 Å². The van der Waals surface area contributed by atoms with Crippen molar-refractivity contribution in [3.05, 3.63) is 76.8 Å². The number of carbonyl (C=O) groups is 1. The Kier molecular flexibility index (Phi) is 4.69. The number of para-hydroxylation sites is 1. The number of hydrogen-bond acceptors (Lipinski definition) is 4. The molecule has 158 valence electrons. The quantitative estimate of drug-likeness (QED) is 0.219. The Bertz CT molecular complexity index is 1520. The third-order valence-electron chi connectivity index (χ3n) is 6.55. The number of nitrogens with zero attached hydrogens (tertiary/aromatic N) is 1. The van der Waals surface area contributed by atoms with E-state index in [1.807, 2.05) is 19.1 Å². The topological polar surface area (TPSA) is 39.2 Å². The van der Waals surface area contributed by atoms with E-state index >= 15 is 0 Å². The van der Waals surface area contributed by atoms with E-state index in [-0.39, 0.29) is 5.97 Å². The van der Waals surface area contributed by atoms with Gasteiger partial charge in [-0.1, -0.05) is 54.6 Å². The number of aryl methyl sites for hydroxylation is 2. The molecule has 4 aromatic carbocycles. The molecule has 4 heteroatoms. The Hall–Kier alpha value is -3.24. The van der Waals surface area contributed by atoms with Gasteiger partial charge in [-0.3, -0.25) is 0 Å². The number of carbonyl (C=O) groups excluding carboxylic acids is 1. The first-order chi connectivity index (χ1) is 15.7. The molecule has 0 saturated carbocycles. The second kappa shape index (κ2) is 7.72. The van der Waals surface area contributed by atoms with Gasteiger partial charge in [-0.05, 0) is 76.9 Å². The van der Waals surface area contributed by atoms with Crippen LogP contribution < -0.4 is 0 Å². The lowest BCUT2D eigenvalue weighted by Gasteiger charge is -2.19. The van der Waals surface area contributed by atoms with E-state index in [1.54, 1.807) is 0 Å². The van der Waals surface area contributed by atoms with Crippen molar-refractivity contribution >= 4 is 49.1 Å². The molecular weight excluding hydrogens is 414 g/mol. The molecule has 3 nitrogen and oxygen atoms in total. The van der Waals surface area contributed by atoms with E-state index in [4.69, 9.17) is 4.74 Å². The Morgan fingerprint density at radius 3 is 2.53 bits per heavy atom. The van der Waals surface area contributed by atoms with Crippen molar-refractivity contribution in [3.8, 4) is 11.1 Å². The first kappa shape index (κ1) is 19.4. The van der Waals surface area contributed by atoms with Crippen LogP contribution in [0.5, 0.6) is 0 Å². The number of aromatic nitrogens is 1. The fraction of sp³-hybridized carbons (Fsp3) is 0.214. The molecule has 0 spiro atoms. The van der Waals surface area contributed by atoms with Crippen LogP contribution in [0, 0.1) is 0 Å². The maximum absolute atomic E-state index is 12.3. The highest BCUT2D eigenvalue weighted by atomic mass is 32.1. The van der Waals surface area contributed by atoms with E-state index < -0.39 is 0 Å². The fourth-order valence-corrected chi connectivity index (χ4v) is 6.00. The molecule has 0 amide bonds. The van der Waals surface area contributed by atoms with Gasteiger partial charge in [0.1, 0.15) is 0 Å². The fourth-order valence-electron chi connectivity index (χ4n) is 5.11. The van der Waals surface area contributed by atoms with Crippen LogP contribution in [-0.4, -0.2) is 17.6 Å². The van der Waals surface area contributed by atoms with Gasteiger partial charge in [0.2, 0.25) is 5.01 Å². The smallest absolute Gasteiger partial charge is 0.367 e. The summed E-state index contributed by atoms with van der Waals surface area (Å²) < 4.78 is 6.17. The number of hydrogen-bond donors (Lipinski definition) is 0. The summed E-state index contributed by atoms with van der Waals surface area (Å²) in [7, 11) is 0. The highest BCUT2D eigenvalue weighted by molar-refractivity contribution is 7.20. The van der Waals surface area contributed by atoms with Gasteiger partial charge >= 0.3 is 5.97 Å². The molecule has 0 aliphatic heterocycles. The highest BCUT2D eigenvalue weighted by Gasteiger charge is 2.18. The van der Waals surface area contributed by atoms with Gasteiger partial charge in [0.15, 0.2) is 0 Å². The predicted octanol–water partition coefficient (Wildman–Crippen LogP) is 7.33. The molecule has 1 aromatic heterocycles. The van der Waals surface area contributed by atoms with Crippen LogP contribution in [-0.2, 0) is 17.6 Å². The molecule has 1 aliphatic carbocycles. The zero-order chi connectivity index (χ0) is 21.7. The summed E-state index contributed by atoms with van der Waals surface area (Å²) in [6.07, 6.45) is 4.94. The van der Waals surface area contributed by atoms with E-state index in [0.29, 0.717) is 11.6 Å². The SMILES string of the molecule is CCOC(=O)c1nc2c(-c3cccc4c3ccc3c5c(ccc34)CCCC5)cccc2s1.